The molecule has 0 bridgehead atoms. The number of aromatic nitrogens is 2. The van der Waals surface area contributed by atoms with E-state index in [1.807, 2.05) is 0 Å². The molecule has 1 heterocycles. The van der Waals surface area contributed by atoms with Gasteiger partial charge in [0.15, 0.2) is 23.1 Å². The molecule has 1 aromatic heterocycles. The second-order valence-corrected chi connectivity index (χ2v) is 5.42. The van der Waals surface area contributed by atoms with Crippen LogP contribution in [0.1, 0.15) is 11.4 Å². The van der Waals surface area contributed by atoms with Gasteiger partial charge in [-0.3, -0.25) is 10.1 Å². The highest BCUT2D eigenvalue weighted by Gasteiger charge is 2.22. The van der Waals surface area contributed by atoms with Crippen molar-refractivity contribution in [1.82, 2.24) is 10.1 Å². The van der Waals surface area contributed by atoms with E-state index >= 15 is 0 Å². The summed E-state index contributed by atoms with van der Waals surface area (Å²) in [6.45, 7) is 0. The van der Waals surface area contributed by atoms with Crippen LogP contribution in [0.4, 0.5) is 10.1 Å². The Bertz CT molecular complexity index is 988. The number of nitrogens with zero attached hydrogens (tertiary/aromatic N) is 3. The Kier molecular flexibility index (Phi) is 4.40. The van der Waals surface area contributed by atoms with Crippen molar-refractivity contribution in [2.75, 3.05) is 0 Å². The maximum Gasteiger partial charge on any atom is 0.315 e. The quantitative estimate of drug-likeness (QED) is 0.357. The van der Waals surface area contributed by atoms with E-state index in [1.54, 1.807) is 6.07 Å². The predicted molar refractivity (Wildman–Crippen MR) is 85.2 cm³/mol. The summed E-state index contributed by atoms with van der Waals surface area (Å²) in [5.74, 6) is -2.52. The van der Waals surface area contributed by atoms with Gasteiger partial charge in [0.1, 0.15) is 0 Å². The highest BCUT2D eigenvalue weighted by atomic mass is 19.1. The van der Waals surface area contributed by atoms with Crippen LogP contribution in [0, 0.1) is 15.9 Å². The Hall–Kier alpha value is -3.69. The molecule has 0 aliphatic carbocycles. The fraction of sp³-hybridized carbons (Fsp3) is 0.125. The van der Waals surface area contributed by atoms with E-state index < -0.39 is 33.7 Å². The van der Waals surface area contributed by atoms with Gasteiger partial charge < -0.3 is 19.8 Å². The molecule has 0 spiro atoms. The number of halogens is 1. The van der Waals surface area contributed by atoms with Gasteiger partial charge in [-0.2, -0.15) is 4.98 Å². The van der Waals surface area contributed by atoms with E-state index in [9.17, 15) is 24.7 Å². The van der Waals surface area contributed by atoms with Crippen LogP contribution < -0.4 is 0 Å². The minimum absolute atomic E-state index is 0.0708. The van der Waals surface area contributed by atoms with E-state index in [2.05, 4.69) is 10.1 Å². The molecule has 2 aromatic carbocycles. The van der Waals surface area contributed by atoms with E-state index in [-0.39, 0.29) is 17.3 Å². The monoisotopic (exact) mass is 361 g/mol. The molecule has 3 rings (SSSR count). The maximum atomic E-state index is 13.3. The number of rotatable bonds is 5. The standard InChI is InChI=1S/C16H12FN3O6/c17-10-5-8(1-3-12(10)21)2-4-14-18-16(26-19-14)9-6-11(20(24)25)15(23)13(22)7-9/h1,3,5-7,21-23H,2,4H2. The van der Waals surface area contributed by atoms with Crippen LogP contribution >= 0.6 is 0 Å². The van der Waals surface area contributed by atoms with Crippen LogP contribution in [0.3, 0.4) is 0 Å². The van der Waals surface area contributed by atoms with Crippen molar-refractivity contribution in [3.05, 3.63) is 57.7 Å². The number of phenols is 3. The molecule has 10 heteroatoms. The van der Waals surface area contributed by atoms with Gasteiger partial charge in [-0.1, -0.05) is 11.2 Å². The summed E-state index contributed by atoms with van der Waals surface area (Å²) in [6.07, 6.45) is 0.664. The largest absolute Gasteiger partial charge is 0.505 e. The zero-order valence-electron chi connectivity index (χ0n) is 13.1. The van der Waals surface area contributed by atoms with Gasteiger partial charge in [0.05, 0.1) is 10.5 Å². The third-order valence-electron chi connectivity index (χ3n) is 3.63. The number of hydrogen-bond acceptors (Lipinski definition) is 8. The Morgan fingerprint density at radius 3 is 2.58 bits per heavy atom. The molecule has 0 saturated carbocycles. The van der Waals surface area contributed by atoms with Crippen molar-refractivity contribution in [2.45, 2.75) is 12.8 Å². The van der Waals surface area contributed by atoms with Gasteiger partial charge in [-0.15, -0.1) is 0 Å². The molecule has 0 amide bonds. The molecular formula is C16H12FN3O6. The number of hydrogen-bond donors (Lipinski definition) is 3. The van der Waals surface area contributed by atoms with Crippen LogP contribution in [-0.2, 0) is 12.8 Å². The minimum Gasteiger partial charge on any atom is -0.505 e. The molecule has 9 nitrogen and oxygen atoms in total. The summed E-state index contributed by atoms with van der Waals surface area (Å²) in [6, 6.07) is 6.06. The molecule has 134 valence electrons. The van der Waals surface area contributed by atoms with Crippen LogP contribution in [0.15, 0.2) is 34.9 Å². The molecule has 0 saturated heterocycles. The van der Waals surface area contributed by atoms with Crippen molar-refractivity contribution in [3.8, 4) is 28.7 Å². The Morgan fingerprint density at radius 1 is 1.12 bits per heavy atom. The van der Waals surface area contributed by atoms with E-state index in [0.717, 1.165) is 12.1 Å². The first-order valence-corrected chi connectivity index (χ1v) is 7.36. The Labute approximate surface area is 145 Å². The Morgan fingerprint density at radius 2 is 1.88 bits per heavy atom. The van der Waals surface area contributed by atoms with Gasteiger partial charge in [0.2, 0.25) is 5.75 Å². The van der Waals surface area contributed by atoms with Crippen molar-refractivity contribution < 1.29 is 29.2 Å². The lowest BCUT2D eigenvalue weighted by Crippen LogP contribution is -1.94. The summed E-state index contributed by atoms with van der Waals surface area (Å²) >= 11 is 0. The molecule has 26 heavy (non-hydrogen) atoms. The molecule has 0 unspecified atom stereocenters. The second kappa shape index (κ2) is 6.67. The predicted octanol–water partition coefficient (Wildman–Crippen LogP) is 2.69. The van der Waals surface area contributed by atoms with Gasteiger partial charge in [-0.25, -0.2) is 4.39 Å². The van der Waals surface area contributed by atoms with Crippen LogP contribution in [0.25, 0.3) is 11.5 Å². The summed E-state index contributed by atoms with van der Waals surface area (Å²) in [5.41, 5.74) is -0.00897. The normalized spacial score (nSPS) is 10.8. The van der Waals surface area contributed by atoms with Crippen molar-refractivity contribution >= 4 is 5.69 Å². The molecule has 0 radical (unpaired) electrons. The summed E-state index contributed by atoms with van der Waals surface area (Å²) in [7, 11) is 0. The highest BCUT2D eigenvalue weighted by Crippen LogP contribution is 2.38. The molecule has 3 N–H and O–H groups in total. The molecule has 0 atom stereocenters. The topological polar surface area (TPSA) is 143 Å². The molecule has 0 aliphatic rings. The highest BCUT2D eigenvalue weighted by molar-refractivity contribution is 5.67. The zero-order valence-corrected chi connectivity index (χ0v) is 13.1. The van der Waals surface area contributed by atoms with Crippen molar-refractivity contribution in [1.29, 1.82) is 0 Å². The summed E-state index contributed by atoms with van der Waals surface area (Å²) in [5, 5.41) is 42.9. The van der Waals surface area contributed by atoms with Crippen LogP contribution in [0.5, 0.6) is 17.2 Å². The van der Waals surface area contributed by atoms with E-state index in [0.29, 0.717) is 18.4 Å². The minimum atomic E-state index is -0.854. The average Bonchev–Trinajstić information content (AvgIpc) is 3.07. The Balaban J connectivity index is 1.79. The van der Waals surface area contributed by atoms with Gasteiger partial charge in [0.25, 0.3) is 5.89 Å². The van der Waals surface area contributed by atoms with E-state index in [4.69, 9.17) is 9.63 Å². The first-order valence-electron chi connectivity index (χ1n) is 7.36. The van der Waals surface area contributed by atoms with Crippen LogP contribution in [0.2, 0.25) is 0 Å². The zero-order chi connectivity index (χ0) is 18.8. The van der Waals surface area contributed by atoms with Gasteiger partial charge in [-0.05, 0) is 30.2 Å². The molecule has 0 fully saturated rings. The molecule has 0 aliphatic heterocycles. The lowest BCUT2D eigenvalue weighted by Gasteiger charge is -2.01. The summed E-state index contributed by atoms with van der Waals surface area (Å²) < 4.78 is 18.3. The van der Waals surface area contributed by atoms with Gasteiger partial charge in [0, 0.05) is 12.5 Å². The lowest BCUT2D eigenvalue weighted by molar-refractivity contribution is -0.385. The number of aromatic hydroxyl groups is 3. The summed E-state index contributed by atoms with van der Waals surface area (Å²) in [4.78, 5) is 14.1. The fourth-order valence-electron chi connectivity index (χ4n) is 2.30. The SMILES string of the molecule is O=[N+]([O-])c1cc(-c2nc(CCc3ccc(O)c(F)c3)no2)cc(O)c1O. The molecule has 3 aromatic rings. The lowest BCUT2D eigenvalue weighted by atomic mass is 10.1. The first kappa shape index (κ1) is 17.1. The van der Waals surface area contributed by atoms with Gasteiger partial charge >= 0.3 is 5.69 Å². The van der Waals surface area contributed by atoms with Crippen LogP contribution in [-0.4, -0.2) is 30.4 Å². The first-order chi connectivity index (χ1) is 12.3. The number of nitro groups is 1. The fourth-order valence-corrected chi connectivity index (χ4v) is 2.30. The molecular weight excluding hydrogens is 349 g/mol. The second-order valence-electron chi connectivity index (χ2n) is 5.42. The third-order valence-corrected chi connectivity index (χ3v) is 3.63. The third kappa shape index (κ3) is 3.38. The van der Waals surface area contributed by atoms with E-state index in [1.165, 1.54) is 12.1 Å². The van der Waals surface area contributed by atoms with Crippen molar-refractivity contribution in [2.24, 2.45) is 0 Å². The smallest absolute Gasteiger partial charge is 0.315 e. The van der Waals surface area contributed by atoms with Crippen molar-refractivity contribution in [3.63, 3.8) is 0 Å². The number of nitro benzene ring substituents is 1. The number of phenolic OH excluding ortho intramolecular Hbond substituents is 3. The number of benzene rings is 2. The number of aryl methyl sites for hydroxylation is 2. The average molecular weight is 361 g/mol. The maximum absolute atomic E-state index is 13.3.